The minimum atomic E-state index is -0.661. The summed E-state index contributed by atoms with van der Waals surface area (Å²) in [6.07, 6.45) is 2.32. The van der Waals surface area contributed by atoms with Crippen molar-refractivity contribution in [3.63, 3.8) is 0 Å². The molecule has 0 radical (unpaired) electrons. The first-order chi connectivity index (χ1) is 15.9. The van der Waals surface area contributed by atoms with E-state index in [9.17, 15) is 14.4 Å². The quantitative estimate of drug-likeness (QED) is 0.402. The first kappa shape index (κ1) is 22.8. The molecular weight excluding hydrogens is 438 g/mol. The van der Waals surface area contributed by atoms with Crippen molar-refractivity contribution in [2.45, 2.75) is 17.5 Å². The van der Waals surface area contributed by atoms with E-state index < -0.39 is 18.1 Å². The van der Waals surface area contributed by atoms with E-state index in [1.807, 2.05) is 60.7 Å². The highest BCUT2D eigenvalue weighted by atomic mass is 32.2. The first-order valence-corrected chi connectivity index (χ1v) is 11.6. The standard InChI is InChI=1S/C25H25N3O4S/c1-27(2)19(29)14-13-18-15-33-24-20(26)23(30)28(24)21(18)25(31)32-22(16-9-5-3-6-10-16)17-11-7-4-8-12-17/h3-14,20,22,24H,15,26H2,1-2H3/b14-13+/t20-,24-/m1/s1. The molecule has 0 unspecified atom stereocenters. The Morgan fingerprint density at radius 2 is 1.67 bits per heavy atom. The minimum absolute atomic E-state index is 0.144. The maximum atomic E-state index is 13.5. The highest BCUT2D eigenvalue weighted by Gasteiger charge is 2.52. The van der Waals surface area contributed by atoms with Crippen LogP contribution in [0, 0.1) is 0 Å². The van der Waals surface area contributed by atoms with Crippen LogP contribution in [0.5, 0.6) is 0 Å². The molecule has 8 heteroatoms. The van der Waals surface area contributed by atoms with Crippen LogP contribution in [-0.2, 0) is 19.1 Å². The SMILES string of the molecule is CN(C)C(=O)/C=C/C1=C(C(=O)OC(c2ccccc2)c2ccccc2)N2C(=O)[C@@H](N)[C@H]2SC1. The molecule has 2 amide bonds. The molecule has 2 aliphatic rings. The van der Waals surface area contributed by atoms with Crippen molar-refractivity contribution in [3.05, 3.63) is 95.2 Å². The van der Waals surface area contributed by atoms with Crippen LogP contribution in [0.2, 0.25) is 0 Å². The van der Waals surface area contributed by atoms with Gasteiger partial charge in [0.25, 0.3) is 0 Å². The highest BCUT2D eigenvalue weighted by Crippen LogP contribution is 2.41. The third kappa shape index (κ3) is 4.58. The van der Waals surface area contributed by atoms with Crippen LogP contribution in [0.3, 0.4) is 0 Å². The summed E-state index contributed by atoms with van der Waals surface area (Å²) in [6, 6.07) is 18.2. The molecule has 1 fully saturated rings. The fourth-order valence-corrected chi connectivity index (χ4v) is 4.99. The molecule has 2 aliphatic heterocycles. The minimum Gasteiger partial charge on any atom is -0.448 e. The van der Waals surface area contributed by atoms with Gasteiger partial charge in [0.05, 0.1) is 0 Å². The van der Waals surface area contributed by atoms with Crippen molar-refractivity contribution in [2.24, 2.45) is 5.73 Å². The van der Waals surface area contributed by atoms with Crippen LogP contribution in [0.15, 0.2) is 84.1 Å². The number of ether oxygens (including phenoxy) is 1. The Hall–Kier alpha value is -3.36. The Morgan fingerprint density at radius 3 is 2.21 bits per heavy atom. The van der Waals surface area contributed by atoms with E-state index in [2.05, 4.69) is 0 Å². The van der Waals surface area contributed by atoms with Crippen molar-refractivity contribution in [1.29, 1.82) is 0 Å². The maximum absolute atomic E-state index is 13.5. The van der Waals surface area contributed by atoms with Crippen LogP contribution in [0.1, 0.15) is 17.2 Å². The van der Waals surface area contributed by atoms with Gasteiger partial charge in [-0.25, -0.2) is 4.79 Å². The molecule has 2 N–H and O–H groups in total. The Morgan fingerprint density at radius 1 is 1.09 bits per heavy atom. The fourth-order valence-electron chi connectivity index (χ4n) is 3.72. The van der Waals surface area contributed by atoms with Gasteiger partial charge in [0, 0.05) is 25.9 Å². The summed E-state index contributed by atoms with van der Waals surface area (Å²) < 4.78 is 6.01. The number of hydrogen-bond donors (Lipinski definition) is 1. The average Bonchev–Trinajstić information content (AvgIpc) is 2.85. The average molecular weight is 464 g/mol. The van der Waals surface area contributed by atoms with E-state index in [1.54, 1.807) is 20.2 Å². The molecule has 170 valence electrons. The number of thioether (sulfide) groups is 1. The predicted octanol–water partition coefficient (Wildman–Crippen LogP) is 2.46. The molecule has 1 saturated heterocycles. The number of hydrogen-bond acceptors (Lipinski definition) is 6. The Bertz CT molecular complexity index is 1080. The predicted molar refractivity (Wildman–Crippen MR) is 127 cm³/mol. The number of allylic oxidation sites excluding steroid dienone is 1. The van der Waals surface area contributed by atoms with Gasteiger partial charge >= 0.3 is 5.97 Å². The smallest absolute Gasteiger partial charge is 0.356 e. The van der Waals surface area contributed by atoms with Crippen molar-refractivity contribution < 1.29 is 19.1 Å². The molecule has 7 nitrogen and oxygen atoms in total. The second-order valence-corrected chi connectivity index (χ2v) is 9.09. The van der Waals surface area contributed by atoms with E-state index in [-0.39, 0.29) is 22.9 Å². The van der Waals surface area contributed by atoms with Gasteiger partial charge in [0.1, 0.15) is 17.1 Å². The summed E-state index contributed by atoms with van der Waals surface area (Å²) in [5.41, 5.74) is 8.28. The van der Waals surface area contributed by atoms with Gasteiger partial charge in [-0.1, -0.05) is 66.7 Å². The molecule has 0 spiro atoms. The number of amides is 2. The zero-order valence-corrected chi connectivity index (χ0v) is 19.2. The van der Waals surface area contributed by atoms with Crippen LogP contribution in [0.25, 0.3) is 0 Å². The van der Waals surface area contributed by atoms with Gasteiger partial charge in [-0.05, 0) is 16.7 Å². The lowest BCUT2D eigenvalue weighted by Crippen LogP contribution is -2.68. The van der Waals surface area contributed by atoms with Gasteiger partial charge in [0.15, 0.2) is 6.10 Å². The molecule has 2 atom stereocenters. The van der Waals surface area contributed by atoms with Crippen LogP contribution < -0.4 is 5.73 Å². The number of nitrogens with zero attached hydrogens (tertiary/aromatic N) is 2. The summed E-state index contributed by atoms with van der Waals surface area (Å²) in [5.74, 6) is -0.749. The number of β-lactam (4-membered cyclic amide) rings is 1. The van der Waals surface area contributed by atoms with E-state index in [1.165, 1.54) is 27.6 Å². The van der Waals surface area contributed by atoms with E-state index in [0.717, 1.165) is 11.1 Å². The summed E-state index contributed by atoms with van der Waals surface area (Å²) in [7, 11) is 3.29. The van der Waals surface area contributed by atoms with Crippen molar-refractivity contribution >= 4 is 29.5 Å². The number of benzene rings is 2. The van der Waals surface area contributed by atoms with Gasteiger partial charge in [-0.15, -0.1) is 11.8 Å². The summed E-state index contributed by atoms with van der Waals surface area (Å²) in [4.78, 5) is 41.0. The zero-order valence-electron chi connectivity index (χ0n) is 18.4. The number of esters is 1. The third-order valence-electron chi connectivity index (χ3n) is 5.53. The molecule has 2 aromatic carbocycles. The number of likely N-dealkylation sites (N-methyl/N-ethyl adjacent to an activating group) is 1. The Labute approximate surface area is 196 Å². The van der Waals surface area contributed by atoms with Gasteiger partial charge in [0.2, 0.25) is 11.8 Å². The van der Waals surface area contributed by atoms with Crippen LogP contribution in [0.4, 0.5) is 0 Å². The molecule has 0 aromatic heterocycles. The van der Waals surface area contributed by atoms with Gasteiger partial charge in [-0.3, -0.25) is 14.5 Å². The third-order valence-corrected chi connectivity index (χ3v) is 6.85. The summed E-state index contributed by atoms with van der Waals surface area (Å²) in [6.45, 7) is 0. The second kappa shape index (κ2) is 9.64. The molecule has 0 aliphatic carbocycles. The molecule has 33 heavy (non-hydrogen) atoms. The van der Waals surface area contributed by atoms with E-state index in [0.29, 0.717) is 11.3 Å². The number of carbonyl (C=O) groups is 3. The lowest BCUT2D eigenvalue weighted by Gasteiger charge is -2.48. The molecule has 0 bridgehead atoms. The van der Waals surface area contributed by atoms with Crippen LogP contribution >= 0.6 is 11.8 Å². The molecule has 2 heterocycles. The second-order valence-electron chi connectivity index (χ2n) is 7.98. The zero-order chi connectivity index (χ0) is 23.5. The Balaban J connectivity index is 1.71. The molecule has 2 aromatic rings. The highest BCUT2D eigenvalue weighted by molar-refractivity contribution is 8.00. The van der Waals surface area contributed by atoms with Crippen LogP contribution in [-0.4, -0.2) is 58.8 Å². The van der Waals surface area contributed by atoms with Gasteiger partial charge in [-0.2, -0.15) is 0 Å². The largest absolute Gasteiger partial charge is 0.448 e. The van der Waals surface area contributed by atoms with Crippen molar-refractivity contribution in [1.82, 2.24) is 9.80 Å². The number of rotatable bonds is 6. The molecule has 4 rings (SSSR count). The van der Waals surface area contributed by atoms with E-state index in [4.69, 9.17) is 10.5 Å². The fraction of sp³-hybridized carbons (Fsp3) is 0.240. The normalized spacial score (nSPS) is 20.0. The summed E-state index contributed by atoms with van der Waals surface area (Å²) >= 11 is 1.46. The lowest BCUT2D eigenvalue weighted by molar-refractivity contribution is -0.153. The number of fused-ring (bicyclic) bond motifs is 1. The monoisotopic (exact) mass is 463 g/mol. The maximum Gasteiger partial charge on any atom is 0.356 e. The number of nitrogens with two attached hydrogens (primary N) is 1. The topological polar surface area (TPSA) is 92.9 Å². The first-order valence-electron chi connectivity index (χ1n) is 10.5. The summed E-state index contributed by atoms with van der Waals surface area (Å²) in [5, 5.41) is -0.325. The van der Waals surface area contributed by atoms with Crippen molar-refractivity contribution in [3.8, 4) is 0 Å². The Kier molecular flexibility index (Phi) is 6.67. The molecular formula is C25H25N3O4S. The molecule has 0 saturated carbocycles. The number of carbonyl (C=O) groups excluding carboxylic acids is 3. The van der Waals surface area contributed by atoms with Gasteiger partial charge < -0.3 is 15.4 Å². The lowest BCUT2D eigenvalue weighted by atomic mass is 10.0. The van der Waals surface area contributed by atoms with Crippen molar-refractivity contribution in [2.75, 3.05) is 19.8 Å². The van der Waals surface area contributed by atoms with E-state index >= 15 is 0 Å².